The minimum absolute atomic E-state index is 0.223. The highest BCUT2D eigenvalue weighted by Crippen LogP contribution is 2.27. The highest BCUT2D eigenvalue weighted by atomic mass is 16.2. The number of aliphatic imine (C=N–C) groups is 1. The van der Waals surface area contributed by atoms with E-state index in [1.807, 2.05) is 35.2 Å². The van der Waals surface area contributed by atoms with E-state index < -0.39 is 0 Å². The zero-order chi connectivity index (χ0) is 13.1. The maximum Gasteiger partial charge on any atom is 0.231 e. The molecule has 0 spiro atoms. The third-order valence-corrected chi connectivity index (χ3v) is 4.09. The van der Waals surface area contributed by atoms with Gasteiger partial charge in [0.2, 0.25) is 5.91 Å². The molecule has 1 aliphatic heterocycles. The largest absolute Gasteiger partial charge is 0.295 e. The van der Waals surface area contributed by atoms with E-state index in [1.54, 1.807) is 0 Å². The maximum atomic E-state index is 12.6. The normalized spacial score (nSPS) is 20.4. The molecule has 1 saturated carbocycles. The van der Waals surface area contributed by atoms with Crippen molar-refractivity contribution in [3.05, 3.63) is 35.9 Å². The summed E-state index contributed by atoms with van der Waals surface area (Å²) in [6.45, 7) is 1.49. The molecule has 1 aliphatic carbocycles. The van der Waals surface area contributed by atoms with Crippen LogP contribution >= 0.6 is 0 Å². The molecule has 1 aromatic rings. The summed E-state index contributed by atoms with van der Waals surface area (Å²) in [4.78, 5) is 19.1. The fraction of sp³-hybridized carbons (Fsp3) is 0.500. The van der Waals surface area contributed by atoms with Crippen LogP contribution in [-0.4, -0.2) is 29.7 Å². The molecule has 0 N–H and O–H groups in total. The lowest BCUT2D eigenvalue weighted by Crippen LogP contribution is -2.39. The van der Waals surface area contributed by atoms with Crippen molar-refractivity contribution in [3.63, 3.8) is 0 Å². The lowest BCUT2D eigenvalue weighted by Gasteiger charge is -2.27. The van der Waals surface area contributed by atoms with E-state index in [-0.39, 0.29) is 5.92 Å². The van der Waals surface area contributed by atoms with Crippen molar-refractivity contribution in [3.8, 4) is 0 Å². The molecule has 1 heterocycles. The van der Waals surface area contributed by atoms with Crippen LogP contribution in [0.1, 0.15) is 37.7 Å². The van der Waals surface area contributed by atoms with Gasteiger partial charge in [0.1, 0.15) is 5.84 Å². The van der Waals surface area contributed by atoms with E-state index in [0.717, 1.165) is 37.3 Å². The number of rotatable bonds is 2. The van der Waals surface area contributed by atoms with Gasteiger partial charge in [-0.15, -0.1) is 0 Å². The van der Waals surface area contributed by atoms with Crippen molar-refractivity contribution in [1.29, 1.82) is 0 Å². The van der Waals surface area contributed by atoms with Gasteiger partial charge < -0.3 is 0 Å². The summed E-state index contributed by atoms with van der Waals surface area (Å²) in [6.07, 6.45) is 5.78. The first-order valence-corrected chi connectivity index (χ1v) is 7.27. The van der Waals surface area contributed by atoms with Gasteiger partial charge in [0, 0.05) is 18.0 Å². The Morgan fingerprint density at radius 2 is 1.84 bits per heavy atom. The van der Waals surface area contributed by atoms with Crippen molar-refractivity contribution in [1.82, 2.24) is 4.90 Å². The van der Waals surface area contributed by atoms with E-state index >= 15 is 0 Å². The number of nitrogens with zero attached hydrogens (tertiary/aromatic N) is 2. The van der Waals surface area contributed by atoms with Crippen LogP contribution in [0.3, 0.4) is 0 Å². The molecular formula is C16H20N2O. The smallest absolute Gasteiger partial charge is 0.231 e. The van der Waals surface area contributed by atoms with Gasteiger partial charge in [0.25, 0.3) is 0 Å². The van der Waals surface area contributed by atoms with Crippen LogP contribution in [0, 0.1) is 5.92 Å². The minimum atomic E-state index is 0.223. The number of benzene rings is 1. The van der Waals surface area contributed by atoms with Gasteiger partial charge >= 0.3 is 0 Å². The lowest BCUT2D eigenvalue weighted by molar-refractivity contribution is -0.132. The van der Waals surface area contributed by atoms with Gasteiger partial charge in [0.05, 0.1) is 6.54 Å². The van der Waals surface area contributed by atoms with E-state index in [4.69, 9.17) is 0 Å². The standard InChI is InChI=1S/C16H20N2O/c19-16(14-9-5-2-6-10-14)18-12-11-17-15(18)13-7-3-1-4-8-13/h1,3-4,7-8,14H,2,5-6,9-12H2. The topological polar surface area (TPSA) is 32.7 Å². The number of carbonyl (C=O) groups excluding carboxylic acids is 1. The first-order valence-electron chi connectivity index (χ1n) is 7.27. The van der Waals surface area contributed by atoms with Crippen molar-refractivity contribution in [2.75, 3.05) is 13.1 Å². The Balaban J connectivity index is 1.77. The lowest BCUT2D eigenvalue weighted by atomic mass is 9.88. The predicted molar refractivity (Wildman–Crippen MR) is 76.1 cm³/mol. The summed E-state index contributed by atoms with van der Waals surface area (Å²) in [7, 11) is 0. The molecule has 100 valence electrons. The number of carbonyl (C=O) groups is 1. The average molecular weight is 256 g/mol. The zero-order valence-corrected chi connectivity index (χ0v) is 11.2. The number of amides is 1. The van der Waals surface area contributed by atoms with Crippen molar-refractivity contribution < 1.29 is 4.79 Å². The second-order valence-electron chi connectivity index (χ2n) is 5.40. The van der Waals surface area contributed by atoms with Gasteiger partial charge in [-0.2, -0.15) is 0 Å². The predicted octanol–water partition coefficient (Wildman–Crippen LogP) is 2.86. The van der Waals surface area contributed by atoms with Gasteiger partial charge in [-0.3, -0.25) is 14.7 Å². The summed E-state index contributed by atoms with van der Waals surface area (Å²) in [6, 6.07) is 10.1. The summed E-state index contributed by atoms with van der Waals surface area (Å²) in [5.41, 5.74) is 1.06. The van der Waals surface area contributed by atoms with Gasteiger partial charge in [-0.25, -0.2) is 0 Å². The molecule has 2 aliphatic rings. The van der Waals surface area contributed by atoms with Crippen LogP contribution in [-0.2, 0) is 4.79 Å². The van der Waals surface area contributed by atoms with Crippen molar-refractivity contribution in [2.24, 2.45) is 10.9 Å². The first kappa shape index (κ1) is 12.4. The number of hydrogen-bond donors (Lipinski definition) is 0. The highest BCUT2D eigenvalue weighted by Gasteiger charge is 2.31. The van der Waals surface area contributed by atoms with Crippen LogP contribution in [0.25, 0.3) is 0 Å². The molecule has 3 nitrogen and oxygen atoms in total. The molecule has 3 heteroatoms. The molecule has 0 radical (unpaired) electrons. The number of amidine groups is 1. The van der Waals surface area contributed by atoms with Crippen LogP contribution < -0.4 is 0 Å². The molecular weight excluding hydrogens is 236 g/mol. The Kier molecular flexibility index (Phi) is 3.62. The fourth-order valence-corrected chi connectivity index (χ4v) is 3.07. The van der Waals surface area contributed by atoms with Crippen LogP contribution in [0.15, 0.2) is 35.3 Å². The van der Waals surface area contributed by atoms with E-state index in [2.05, 4.69) is 4.99 Å². The minimum Gasteiger partial charge on any atom is -0.295 e. The van der Waals surface area contributed by atoms with Crippen LogP contribution in [0.2, 0.25) is 0 Å². The Morgan fingerprint density at radius 3 is 2.58 bits per heavy atom. The molecule has 1 amide bonds. The third kappa shape index (κ3) is 2.55. The van der Waals surface area contributed by atoms with Crippen LogP contribution in [0.4, 0.5) is 0 Å². The molecule has 3 rings (SSSR count). The molecule has 0 atom stereocenters. The van der Waals surface area contributed by atoms with Gasteiger partial charge in [-0.05, 0) is 12.8 Å². The van der Waals surface area contributed by atoms with Crippen molar-refractivity contribution in [2.45, 2.75) is 32.1 Å². The molecule has 0 aromatic heterocycles. The third-order valence-electron chi connectivity index (χ3n) is 4.09. The monoisotopic (exact) mass is 256 g/mol. The average Bonchev–Trinajstić information content (AvgIpc) is 2.98. The Bertz CT molecular complexity index is 475. The second-order valence-corrected chi connectivity index (χ2v) is 5.40. The van der Waals surface area contributed by atoms with E-state index in [1.165, 1.54) is 19.3 Å². The highest BCUT2D eigenvalue weighted by molar-refractivity contribution is 6.09. The summed E-state index contributed by atoms with van der Waals surface area (Å²) >= 11 is 0. The van der Waals surface area contributed by atoms with Crippen LogP contribution in [0.5, 0.6) is 0 Å². The second kappa shape index (κ2) is 5.55. The zero-order valence-electron chi connectivity index (χ0n) is 11.2. The quantitative estimate of drug-likeness (QED) is 0.801. The van der Waals surface area contributed by atoms with Crippen molar-refractivity contribution >= 4 is 11.7 Å². The first-order chi connectivity index (χ1) is 9.36. The Labute approximate surface area is 114 Å². The molecule has 0 saturated heterocycles. The Morgan fingerprint density at radius 1 is 1.11 bits per heavy atom. The fourth-order valence-electron chi connectivity index (χ4n) is 3.07. The van der Waals surface area contributed by atoms with Gasteiger partial charge in [0.15, 0.2) is 0 Å². The number of hydrogen-bond acceptors (Lipinski definition) is 2. The van der Waals surface area contributed by atoms with Gasteiger partial charge in [-0.1, -0.05) is 49.6 Å². The summed E-state index contributed by atoms with van der Waals surface area (Å²) in [5.74, 6) is 1.39. The maximum absolute atomic E-state index is 12.6. The molecule has 0 unspecified atom stereocenters. The summed E-state index contributed by atoms with van der Waals surface area (Å²) < 4.78 is 0. The SMILES string of the molecule is O=C(C1CCCCC1)N1CCN=C1c1ccccc1. The molecule has 0 bridgehead atoms. The van der Waals surface area contributed by atoms with E-state index in [9.17, 15) is 4.79 Å². The molecule has 19 heavy (non-hydrogen) atoms. The van der Waals surface area contributed by atoms with E-state index in [0.29, 0.717) is 5.91 Å². The summed E-state index contributed by atoms with van der Waals surface area (Å²) in [5, 5.41) is 0. The molecule has 1 fully saturated rings. The molecule has 1 aromatic carbocycles. The Hall–Kier alpha value is -1.64.